The third-order valence-electron chi connectivity index (χ3n) is 10.6. The Kier molecular flexibility index (Phi) is 41.3. The van der Waals surface area contributed by atoms with Gasteiger partial charge in [0, 0.05) is 11.9 Å². The number of quaternary nitrogens is 2. The normalized spacial score (nSPS) is 11.4. The molecule has 48 heavy (non-hydrogen) atoms. The van der Waals surface area contributed by atoms with E-state index in [1.807, 2.05) is 0 Å². The van der Waals surface area contributed by atoms with Crippen LogP contribution in [0.5, 0.6) is 0 Å². The zero-order valence-electron chi connectivity index (χ0n) is 34.2. The maximum absolute atomic E-state index is 9.77. The summed E-state index contributed by atoms with van der Waals surface area (Å²) >= 11 is 0. The number of carbonyl (C=O) groups is 2. The number of unbranched alkanes of at least 4 members (excludes halogenated alkanes) is 17. The first-order valence-electron chi connectivity index (χ1n) is 21.2. The van der Waals surface area contributed by atoms with Crippen molar-refractivity contribution in [3.05, 3.63) is 0 Å². The lowest BCUT2D eigenvalue weighted by atomic mass is 10.1. The molecule has 6 heteroatoms. The van der Waals surface area contributed by atoms with E-state index in [-0.39, 0.29) is 12.8 Å². The standard InChI is InChI=1S/2C18H40N.C6H10O4/c2*1-5-9-11-12-13-14-16-18-19(7-3,8-4)17-15-10-6-2;7-5(8)3-1-2-4-6(9)10/h2*5-18H2,1-4H3;1-4H2,(H,7,8)(H,9,10)/q2*+1;/p-2. The van der Waals surface area contributed by atoms with Crippen molar-refractivity contribution in [3.63, 3.8) is 0 Å². The third kappa shape index (κ3) is 34.7. The number of aliphatic carboxylic acids is 2. The van der Waals surface area contributed by atoms with Crippen molar-refractivity contribution >= 4 is 11.9 Å². The van der Waals surface area contributed by atoms with E-state index >= 15 is 0 Å². The van der Waals surface area contributed by atoms with E-state index in [0.29, 0.717) is 12.8 Å². The summed E-state index contributed by atoms with van der Waals surface area (Å²) in [4.78, 5) is 19.5. The Hall–Kier alpha value is -1.14. The highest BCUT2D eigenvalue weighted by molar-refractivity contribution is 5.65. The van der Waals surface area contributed by atoms with Crippen LogP contribution in [-0.2, 0) is 9.59 Å². The number of nitrogens with zero attached hydrogens (tertiary/aromatic N) is 2. The van der Waals surface area contributed by atoms with Gasteiger partial charge in [0.25, 0.3) is 0 Å². The van der Waals surface area contributed by atoms with Gasteiger partial charge in [-0.2, -0.15) is 0 Å². The van der Waals surface area contributed by atoms with Crippen molar-refractivity contribution in [2.24, 2.45) is 0 Å². The number of carboxylic acids is 2. The molecule has 0 saturated heterocycles. The molecule has 290 valence electrons. The fourth-order valence-electron chi connectivity index (χ4n) is 6.68. The molecule has 0 spiro atoms. The molecule has 0 fully saturated rings. The lowest BCUT2D eigenvalue weighted by molar-refractivity contribution is -0.925. The van der Waals surface area contributed by atoms with Crippen LogP contribution in [0.2, 0.25) is 0 Å². The first-order valence-corrected chi connectivity index (χ1v) is 21.2. The van der Waals surface area contributed by atoms with E-state index in [1.54, 1.807) is 0 Å². The monoisotopic (exact) mass is 685 g/mol. The predicted octanol–water partition coefficient (Wildman–Crippen LogP) is 9.61. The van der Waals surface area contributed by atoms with Gasteiger partial charge >= 0.3 is 0 Å². The highest BCUT2D eigenvalue weighted by Gasteiger charge is 2.22. The summed E-state index contributed by atoms with van der Waals surface area (Å²) in [5.41, 5.74) is 0. The van der Waals surface area contributed by atoms with Crippen LogP contribution in [-0.4, -0.2) is 73.3 Å². The average molecular weight is 685 g/mol. The van der Waals surface area contributed by atoms with E-state index in [2.05, 4.69) is 55.4 Å². The summed E-state index contributed by atoms with van der Waals surface area (Å²) in [6.45, 7) is 29.7. The lowest BCUT2D eigenvalue weighted by Gasteiger charge is -2.37. The number of carbonyl (C=O) groups excluding carboxylic acids is 2. The second-order valence-electron chi connectivity index (χ2n) is 14.5. The van der Waals surface area contributed by atoms with Crippen molar-refractivity contribution < 1.29 is 28.8 Å². The van der Waals surface area contributed by atoms with Crippen LogP contribution in [0, 0.1) is 0 Å². The first-order chi connectivity index (χ1) is 23.1. The van der Waals surface area contributed by atoms with Gasteiger partial charge in [-0.05, 0) is 105 Å². The SMILES string of the molecule is CCCCCCCCC[N+](CC)(CC)CCCCC.CCCCCCCCC[N+](CC)(CC)CCCCC.O=C([O-])CCCCC(=O)[O-]. The smallest absolute Gasteiger partial charge is 0.0786 e. The molecule has 0 aliphatic heterocycles. The molecule has 0 aliphatic rings. The van der Waals surface area contributed by atoms with Crippen LogP contribution >= 0.6 is 0 Å². The molecule has 0 aliphatic carbocycles. The van der Waals surface area contributed by atoms with E-state index in [1.165, 1.54) is 190 Å². The molecule has 0 N–H and O–H groups in total. The van der Waals surface area contributed by atoms with Crippen LogP contribution in [0.4, 0.5) is 0 Å². The van der Waals surface area contributed by atoms with Crippen LogP contribution in [0.3, 0.4) is 0 Å². The number of rotatable bonds is 33. The van der Waals surface area contributed by atoms with Gasteiger partial charge in [-0.15, -0.1) is 0 Å². The van der Waals surface area contributed by atoms with Gasteiger partial charge in [0.05, 0.1) is 52.4 Å². The van der Waals surface area contributed by atoms with E-state index < -0.39 is 11.9 Å². The van der Waals surface area contributed by atoms with Crippen LogP contribution in [0.25, 0.3) is 0 Å². The minimum atomic E-state index is -1.14. The highest BCUT2D eigenvalue weighted by atomic mass is 16.4. The van der Waals surface area contributed by atoms with Gasteiger partial charge in [-0.25, -0.2) is 0 Å². The molecule has 0 aromatic carbocycles. The van der Waals surface area contributed by atoms with Crippen molar-refractivity contribution in [2.45, 2.75) is 209 Å². The topological polar surface area (TPSA) is 80.3 Å². The van der Waals surface area contributed by atoms with E-state index in [4.69, 9.17) is 0 Å². The first kappa shape index (κ1) is 51.2. The maximum atomic E-state index is 9.77. The molecule has 0 atom stereocenters. The Morgan fingerprint density at radius 3 is 0.771 bits per heavy atom. The van der Waals surface area contributed by atoms with Gasteiger partial charge in [-0.3, -0.25) is 0 Å². The molecular formula is C42H88N2O4. The second-order valence-corrected chi connectivity index (χ2v) is 14.5. The van der Waals surface area contributed by atoms with Crippen molar-refractivity contribution in [2.75, 3.05) is 52.4 Å². The minimum absolute atomic E-state index is 0.0761. The summed E-state index contributed by atoms with van der Waals surface area (Å²) in [6, 6.07) is 0. The molecule has 0 rings (SSSR count). The largest absolute Gasteiger partial charge is 0.550 e. The van der Waals surface area contributed by atoms with Gasteiger partial charge in [0.2, 0.25) is 0 Å². The molecular weight excluding hydrogens is 596 g/mol. The van der Waals surface area contributed by atoms with Gasteiger partial charge in [0.1, 0.15) is 0 Å². The second kappa shape index (κ2) is 38.7. The predicted molar refractivity (Wildman–Crippen MR) is 206 cm³/mol. The van der Waals surface area contributed by atoms with Crippen LogP contribution in [0.15, 0.2) is 0 Å². The Morgan fingerprint density at radius 1 is 0.333 bits per heavy atom. The third-order valence-corrected chi connectivity index (χ3v) is 10.6. The zero-order valence-corrected chi connectivity index (χ0v) is 34.2. The number of carboxylic acid groups (broad SMARTS) is 2. The lowest BCUT2D eigenvalue weighted by Crippen LogP contribution is -2.49. The summed E-state index contributed by atoms with van der Waals surface area (Å²) in [7, 11) is 0. The molecule has 0 saturated carbocycles. The Bertz CT molecular complexity index is 606. The van der Waals surface area contributed by atoms with Gasteiger partial charge in [-0.1, -0.05) is 105 Å². The molecule has 0 heterocycles. The molecule has 0 unspecified atom stereocenters. The zero-order chi connectivity index (χ0) is 36.8. The highest BCUT2D eigenvalue weighted by Crippen LogP contribution is 2.16. The quantitative estimate of drug-likeness (QED) is 0.0509. The minimum Gasteiger partial charge on any atom is -0.550 e. The van der Waals surface area contributed by atoms with Crippen molar-refractivity contribution in [3.8, 4) is 0 Å². The van der Waals surface area contributed by atoms with E-state index in [9.17, 15) is 19.8 Å². The average Bonchev–Trinajstić information content (AvgIpc) is 3.08. The van der Waals surface area contributed by atoms with Gasteiger partial charge in [0.15, 0.2) is 0 Å². The molecule has 0 aromatic heterocycles. The summed E-state index contributed by atoms with van der Waals surface area (Å²) in [6.07, 6.45) is 29.1. The number of hydrogen-bond acceptors (Lipinski definition) is 4. The fraction of sp³-hybridized carbons (Fsp3) is 0.952. The summed E-state index contributed by atoms with van der Waals surface area (Å²) < 4.78 is 2.74. The van der Waals surface area contributed by atoms with Crippen LogP contribution in [0.1, 0.15) is 209 Å². The summed E-state index contributed by atoms with van der Waals surface area (Å²) in [5.74, 6) is -2.28. The molecule has 0 radical (unpaired) electrons. The summed E-state index contributed by atoms with van der Waals surface area (Å²) in [5, 5.41) is 19.5. The molecule has 6 nitrogen and oxygen atoms in total. The Balaban J connectivity index is -0.000000665. The van der Waals surface area contributed by atoms with E-state index in [0.717, 1.165) is 0 Å². The maximum Gasteiger partial charge on any atom is 0.0786 e. The van der Waals surface area contributed by atoms with Crippen molar-refractivity contribution in [1.82, 2.24) is 0 Å². The number of hydrogen-bond donors (Lipinski definition) is 0. The Labute approximate surface area is 302 Å². The molecule has 0 amide bonds. The fourth-order valence-corrected chi connectivity index (χ4v) is 6.68. The molecule has 0 bridgehead atoms. The Morgan fingerprint density at radius 2 is 0.542 bits per heavy atom. The molecule has 0 aromatic rings. The van der Waals surface area contributed by atoms with Crippen LogP contribution < -0.4 is 10.2 Å². The van der Waals surface area contributed by atoms with Gasteiger partial charge < -0.3 is 28.8 Å². The van der Waals surface area contributed by atoms with Crippen molar-refractivity contribution in [1.29, 1.82) is 0 Å².